The standard InChI is InChI=1S/C18H18N4O/c1-11(2)18-21-16(12-4-6-13(23-3)7-5-12)15-10-20-17-14(22(15)18)8-9-19-17/h4-11,19H,1-3H3. The summed E-state index contributed by atoms with van der Waals surface area (Å²) in [4.78, 5) is 12.6. The van der Waals surface area contributed by atoms with E-state index in [9.17, 15) is 0 Å². The van der Waals surface area contributed by atoms with Gasteiger partial charge in [0.05, 0.1) is 30.0 Å². The molecular weight excluding hydrogens is 288 g/mol. The number of methoxy groups -OCH3 is 1. The van der Waals surface area contributed by atoms with Gasteiger partial charge in [-0.25, -0.2) is 9.97 Å². The van der Waals surface area contributed by atoms with Crippen LogP contribution in [0, 0.1) is 0 Å². The van der Waals surface area contributed by atoms with Crippen LogP contribution >= 0.6 is 0 Å². The van der Waals surface area contributed by atoms with Crippen molar-refractivity contribution in [3.63, 3.8) is 0 Å². The molecule has 4 aromatic rings. The molecule has 0 fully saturated rings. The molecule has 23 heavy (non-hydrogen) atoms. The van der Waals surface area contributed by atoms with Gasteiger partial charge in [0.15, 0.2) is 5.65 Å². The van der Waals surface area contributed by atoms with Crippen LogP contribution in [0.5, 0.6) is 5.75 Å². The summed E-state index contributed by atoms with van der Waals surface area (Å²) in [7, 11) is 1.67. The van der Waals surface area contributed by atoms with Crippen molar-refractivity contribution in [2.75, 3.05) is 7.11 Å². The van der Waals surface area contributed by atoms with Crippen molar-refractivity contribution >= 4 is 16.7 Å². The minimum atomic E-state index is 0.315. The lowest BCUT2D eigenvalue weighted by molar-refractivity contribution is 0.415. The summed E-state index contributed by atoms with van der Waals surface area (Å²) in [6, 6.07) is 10.0. The molecule has 4 rings (SSSR count). The molecule has 0 aliphatic rings. The summed E-state index contributed by atoms with van der Waals surface area (Å²) in [5, 5.41) is 0. The molecular formula is C18H18N4O. The molecule has 5 nitrogen and oxygen atoms in total. The first-order chi connectivity index (χ1) is 11.2. The number of rotatable bonds is 3. The summed E-state index contributed by atoms with van der Waals surface area (Å²) >= 11 is 0. The van der Waals surface area contributed by atoms with Crippen molar-refractivity contribution in [2.45, 2.75) is 19.8 Å². The van der Waals surface area contributed by atoms with Crippen LogP contribution in [0.3, 0.4) is 0 Å². The van der Waals surface area contributed by atoms with Crippen molar-refractivity contribution in [1.29, 1.82) is 0 Å². The monoisotopic (exact) mass is 306 g/mol. The number of ether oxygens (including phenoxy) is 1. The average Bonchev–Trinajstić information content (AvgIpc) is 3.18. The molecule has 0 saturated carbocycles. The zero-order chi connectivity index (χ0) is 16.0. The Morgan fingerprint density at radius 3 is 2.57 bits per heavy atom. The molecule has 0 aliphatic carbocycles. The van der Waals surface area contributed by atoms with Gasteiger partial charge in [0.25, 0.3) is 0 Å². The number of imidazole rings is 1. The molecule has 0 unspecified atom stereocenters. The fourth-order valence-electron chi connectivity index (χ4n) is 2.93. The van der Waals surface area contributed by atoms with E-state index in [0.717, 1.165) is 39.5 Å². The molecule has 3 heterocycles. The lowest BCUT2D eigenvalue weighted by atomic mass is 10.1. The molecule has 0 radical (unpaired) electrons. The minimum absolute atomic E-state index is 0.315. The maximum Gasteiger partial charge on any atom is 0.154 e. The molecule has 0 saturated heterocycles. The summed E-state index contributed by atoms with van der Waals surface area (Å²) in [5.74, 6) is 2.19. The molecule has 0 amide bonds. The highest BCUT2D eigenvalue weighted by Crippen LogP contribution is 2.30. The van der Waals surface area contributed by atoms with Gasteiger partial charge in [-0.05, 0) is 30.3 Å². The van der Waals surface area contributed by atoms with E-state index < -0.39 is 0 Å². The molecule has 0 aliphatic heterocycles. The second kappa shape index (κ2) is 5.12. The van der Waals surface area contributed by atoms with Gasteiger partial charge in [-0.15, -0.1) is 0 Å². The number of nitrogens with one attached hydrogen (secondary N) is 1. The SMILES string of the molecule is COc1ccc(-c2nc(C(C)C)n3c2cnc2[nH]ccc23)cc1. The Morgan fingerprint density at radius 2 is 1.87 bits per heavy atom. The minimum Gasteiger partial charge on any atom is -0.497 e. The lowest BCUT2D eigenvalue weighted by Crippen LogP contribution is -1.98. The maximum atomic E-state index is 5.24. The van der Waals surface area contributed by atoms with Crippen molar-refractivity contribution in [2.24, 2.45) is 0 Å². The van der Waals surface area contributed by atoms with E-state index >= 15 is 0 Å². The number of hydrogen-bond donors (Lipinski definition) is 1. The quantitative estimate of drug-likeness (QED) is 0.622. The number of aromatic amines is 1. The van der Waals surface area contributed by atoms with Crippen molar-refractivity contribution in [3.05, 3.63) is 48.5 Å². The van der Waals surface area contributed by atoms with Crippen molar-refractivity contribution in [1.82, 2.24) is 19.4 Å². The maximum absolute atomic E-state index is 5.24. The Balaban J connectivity index is 2.03. The highest BCUT2D eigenvalue weighted by molar-refractivity contribution is 5.84. The number of benzene rings is 1. The number of nitrogens with zero attached hydrogens (tertiary/aromatic N) is 3. The predicted octanol–water partition coefficient (Wildman–Crippen LogP) is 4.01. The van der Waals surface area contributed by atoms with Crippen molar-refractivity contribution < 1.29 is 4.74 Å². The molecule has 0 bridgehead atoms. The van der Waals surface area contributed by atoms with Gasteiger partial charge in [0, 0.05) is 17.7 Å². The molecule has 3 aromatic heterocycles. The zero-order valence-electron chi connectivity index (χ0n) is 13.4. The normalized spacial score (nSPS) is 11.7. The Hall–Kier alpha value is -2.82. The van der Waals surface area contributed by atoms with E-state index in [1.807, 2.05) is 42.7 Å². The Kier molecular flexibility index (Phi) is 3.08. The van der Waals surface area contributed by atoms with Crippen LogP contribution in [0.25, 0.3) is 27.9 Å². The lowest BCUT2D eigenvalue weighted by Gasteiger charge is -2.05. The third-order valence-corrected chi connectivity index (χ3v) is 4.08. The molecule has 116 valence electrons. The molecule has 5 heteroatoms. The van der Waals surface area contributed by atoms with Gasteiger partial charge in [0.1, 0.15) is 11.6 Å². The fourth-order valence-corrected chi connectivity index (χ4v) is 2.93. The van der Waals surface area contributed by atoms with Gasteiger partial charge >= 0.3 is 0 Å². The van der Waals surface area contributed by atoms with Gasteiger partial charge in [0.2, 0.25) is 0 Å². The van der Waals surface area contributed by atoms with Crippen molar-refractivity contribution in [3.8, 4) is 17.0 Å². The van der Waals surface area contributed by atoms with Crippen LogP contribution in [0.4, 0.5) is 0 Å². The van der Waals surface area contributed by atoms with Gasteiger partial charge in [-0.2, -0.15) is 0 Å². The molecule has 0 spiro atoms. The van der Waals surface area contributed by atoms with E-state index in [1.165, 1.54) is 0 Å². The third kappa shape index (κ3) is 2.08. The van der Waals surface area contributed by atoms with Crippen LogP contribution in [0.2, 0.25) is 0 Å². The third-order valence-electron chi connectivity index (χ3n) is 4.08. The largest absolute Gasteiger partial charge is 0.497 e. The second-order valence-corrected chi connectivity index (χ2v) is 5.89. The average molecular weight is 306 g/mol. The molecule has 1 aromatic carbocycles. The van der Waals surface area contributed by atoms with E-state index in [0.29, 0.717) is 5.92 Å². The van der Waals surface area contributed by atoms with E-state index in [-0.39, 0.29) is 0 Å². The zero-order valence-corrected chi connectivity index (χ0v) is 13.4. The topological polar surface area (TPSA) is 55.2 Å². The summed E-state index contributed by atoms with van der Waals surface area (Å²) in [6.45, 7) is 4.32. The van der Waals surface area contributed by atoms with Gasteiger partial charge in [-0.1, -0.05) is 13.8 Å². The van der Waals surface area contributed by atoms with Gasteiger partial charge in [-0.3, -0.25) is 4.40 Å². The number of hydrogen-bond acceptors (Lipinski definition) is 3. The number of fused-ring (bicyclic) bond motifs is 3. The summed E-state index contributed by atoms with van der Waals surface area (Å²) in [5.41, 5.74) is 4.96. The van der Waals surface area contributed by atoms with E-state index in [1.54, 1.807) is 7.11 Å². The summed E-state index contributed by atoms with van der Waals surface area (Å²) < 4.78 is 7.44. The van der Waals surface area contributed by atoms with E-state index in [2.05, 4.69) is 28.2 Å². The summed E-state index contributed by atoms with van der Waals surface area (Å²) in [6.07, 6.45) is 3.80. The van der Waals surface area contributed by atoms with E-state index in [4.69, 9.17) is 9.72 Å². The number of H-pyrrole nitrogens is 1. The first-order valence-corrected chi connectivity index (χ1v) is 7.68. The first kappa shape index (κ1) is 13.8. The van der Waals surface area contributed by atoms with Gasteiger partial charge < -0.3 is 9.72 Å². The Morgan fingerprint density at radius 1 is 1.09 bits per heavy atom. The van der Waals surface area contributed by atoms with Crippen LogP contribution in [-0.2, 0) is 0 Å². The van der Waals surface area contributed by atoms with Crippen LogP contribution in [0.1, 0.15) is 25.6 Å². The molecule has 0 atom stereocenters. The van der Waals surface area contributed by atoms with Crippen LogP contribution in [0.15, 0.2) is 42.7 Å². The highest BCUT2D eigenvalue weighted by Gasteiger charge is 2.18. The smallest absolute Gasteiger partial charge is 0.154 e. The molecule has 1 N–H and O–H groups in total. The predicted molar refractivity (Wildman–Crippen MR) is 90.9 cm³/mol. The first-order valence-electron chi connectivity index (χ1n) is 7.68. The Labute approximate surface area is 134 Å². The number of aromatic nitrogens is 4. The van der Waals surface area contributed by atoms with Crippen LogP contribution < -0.4 is 4.74 Å². The second-order valence-electron chi connectivity index (χ2n) is 5.89. The highest BCUT2D eigenvalue weighted by atomic mass is 16.5. The fraction of sp³-hybridized carbons (Fsp3) is 0.222. The van der Waals surface area contributed by atoms with Crippen LogP contribution in [-0.4, -0.2) is 26.5 Å². The Bertz CT molecular complexity index is 980.